The molecule has 4 unspecified atom stereocenters. The molecule has 4 atom stereocenters. The van der Waals surface area contributed by atoms with Crippen LogP contribution in [0.15, 0.2) is 42.5 Å². The Kier molecular flexibility index (Phi) is 9.04. The zero-order valence-corrected chi connectivity index (χ0v) is 24.1. The first-order valence-corrected chi connectivity index (χ1v) is 14.3. The molecule has 0 N–H and O–H groups in total. The van der Waals surface area contributed by atoms with Crippen molar-refractivity contribution in [1.82, 2.24) is 0 Å². The molecule has 2 aromatic rings. The number of benzene rings is 2. The molecule has 6 nitrogen and oxygen atoms in total. The van der Waals surface area contributed by atoms with Crippen molar-refractivity contribution < 1.29 is 28.5 Å². The van der Waals surface area contributed by atoms with E-state index in [0.717, 1.165) is 48.0 Å². The average Bonchev–Trinajstić information content (AvgIpc) is 3.55. The van der Waals surface area contributed by atoms with E-state index in [1.807, 2.05) is 13.8 Å². The third kappa shape index (κ3) is 6.00. The largest absolute Gasteiger partial charge is 0.489 e. The summed E-state index contributed by atoms with van der Waals surface area (Å²) in [7, 11) is 0. The lowest BCUT2D eigenvalue weighted by Gasteiger charge is -2.27. The van der Waals surface area contributed by atoms with Crippen LogP contribution in [-0.4, -0.2) is 37.4 Å². The number of ether oxygens (including phenoxy) is 4. The van der Waals surface area contributed by atoms with Gasteiger partial charge in [-0.1, -0.05) is 46.1 Å². The second-order valence-electron chi connectivity index (χ2n) is 11.0. The highest BCUT2D eigenvalue weighted by molar-refractivity contribution is 5.97. The van der Waals surface area contributed by atoms with Crippen LogP contribution in [0.1, 0.15) is 95.2 Å². The summed E-state index contributed by atoms with van der Waals surface area (Å²) in [6.07, 6.45) is 4.81. The topological polar surface area (TPSA) is 71.1 Å². The third-order valence-electron chi connectivity index (χ3n) is 7.99. The molecule has 0 aliphatic heterocycles. The first kappa shape index (κ1) is 28.7. The van der Waals surface area contributed by atoms with Crippen molar-refractivity contribution in [2.24, 2.45) is 0 Å². The van der Waals surface area contributed by atoms with E-state index in [0.29, 0.717) is 35.8 Å². The van der Waals surface area contributed by atoms with Gasteiger partial charge < -0.3 is 18.9 Å². The van der Waals surface area contributed by atoms with E-state index in [-0.39, 0.29) is 25.4 Å². The molecule has 0 spiro atoms. The zero-order chi connectivity index (χ0) is 28.3. The fraction of sp³-hybridized carbons (Fsp3) is 0.515. The highest BCUT2D eigenvalue weighted by Gasteiger charge is 2.43. The van der Waals surface area contributed by atoms with Gasteiger partial charge in [-0.15, -0.1) is 0 Å². The van der Waals surface area contributed by atoms with Crippen LogP contribution in [0.4, 0.5) is 0 Å². The molecule has 1 fully saturated rings. The predicted octanol–water partition coefficient (Wildman–Crippen LogP) is 7.32. The molecule has 2 bridgehead atoms. The number of aryl methyl sites for hydroxylation is 1. The van der Waals surface area contributed by atoms with Gasteiger partial charge in [-0.3, -0.25) is 0 Å². The van der Waals surface area contributed by atoms with Crippen LogP contribution in [0.5, 0.6) is 11.5 Å². The number of esters is 2. The van der Waals surface area contributed by atoms with Gasteiger partial charge in [0.05, 0.1) is 0 Å². The molecule has 4 rings (SSSR count). The quantitative estimate of drug-likeness (QED) is 0.198. The number of carbonyl (C=O) groups excluding carboxylic acids is 2. The van der Waals surface area contributed by atoms with E-state index in [2.05, 4.69) is 38.3 Å². The van der Waals surface area contributed by atoms with E-state index in [4.69, 9.17) is 18.9 Å². The summed E-state index contributed by atoms with van der Waals surface area (Å²) in [4.78, 5) is 24.3. The standard InChI is InChI=1S/C33H42O6/c1-8-21-11-14-26-27(15-21)31(37-18-25(10-3)39-33(35)20(6)7)29-23-13-12-22(16-23)28(29)30(26)36-17-24(9-2)38-32(34)19(4)5/h11,14-15,22-25H,4,6,8-10,12-13,16-18H2,1-3,5,7H3. The van der Waals surface area contributed by atoms with Crippen LogP contribution in [0.3, 0.4) is 0 Å². The first-order valence-electron chi connectivity index (χ1n) is 14.3. The molecule has 210 valence electrons. The summed E-state index contributed by atoms with van der Waals surface area (Å²) in [5.74, 6) is 1.81. The normalized spacial score (nSPS) is 18.8. The molecule has 1 saturated carbocycles. The number of fused-ring (bicyclic) bond motifs is 6. The van der Waals surface area contributed by atoms with Gasteiger partial charge in [0.25, 0.3) is 0 Å². The Morgan fingerprint density at radius 3 is 1.74 bits per heavy atom. The van der Waals surface area contributed by atoms with Crippen LogP contribution in [0.25, 0.3) is 10.8 Å². The van der Waals surface area contributed by atoms with Gasteiger partial charge >= 0.3 is 11.9 Å². The molecule has 0 amide bonds. The summed E-state index contributed by atoms with van der Waals surface area (Å²) in [6.45, 7) is 17.4. The van der Waals surface area contributed by atoms with E-state index in [9.17, 15) is 9.59 Å². The molecule has 0 saturated heterocycles. The van der Waals surface area contributed by atoms with E-state index >= 15 is 0 Å². The maximum Gasteiger partial charge on any atom is 0.333 e. The summed E-state index contributed by atoms with van der Waals surface area (Å²) in [5, 5.41) is 2.02. The van der Waals surface area contributed by atoms with Crippen LogP contribution >= 0.6 is 0 Å². The molecule has 2 aliphatic carbocycles. The smallest absolute Gasteiger partial charge is 0.333 e. The van der Waals surface area contributed by atoms with E-state index < -0.39 is 11.9 Å². The highest BCUT2D eigenvalue weighted by atomic mass is 16.6. The van der Waals surface area contributed by atoms with Crippen LogP contribution in [0, 0.1) is 0 Å². The molecule has 39 heavy (non-hydrogen) atoms. The van der Waals surface area contributed by atoms with Crippen LogP contribution in [0.2, 0.25) is 0 Å². The van der Waals surface area contributed by atoms with Gasteiger partial charge in [-0.05, 0) is 75.8 Å². The van der Waals surface area contributed by atoms with Crippen molar-refractivity contribution in [3.63, 3.8) is 0 Å². The minimum atomic E-state index is -0.395. The Morgan fingerprint density at radius 1 is 0.821 bits per heavy atom. The Hall–Kier alpha value is -3.28. The lowest BCUT2D eigenvalue weighted by Crippen LogP contribution is -2.26. The monoisotopic (exact) mass is 534 g/mol. The van der Waals surface area contributed by atoms with Gasteiger partial charge in [-0.2, -0.15) is 0 Å². The second kappa shape index (κ2) is 12.3. The summed E-state index contributed by atoms with van der Waals surface area (Å²) in [6, 6.07) is 6.46. The molecule has 0 heterocycles. The van der Waals surface area contributed by atoms with Crippen molar-refractivity contribution in [2.75, 3.05) is 13.2 Å². The fourth-order valence-corrected chi connectivity index (χ4v) is 5.69. The van der Waals surface area contributed by atoms with Crippen LogP contribution < -0.4 is 9.47 Å². The van der Waals surface area contributed by atoms with Crippen molar-refractivity contribution in [3.8, 4) is 11.5 Å². The highest BCUT2D eigenvalue weighted by Crippen LogP contribution is 2.61. The van der Waals surface area contributed by atoms with Gasteiger partial charge in [0.15, 0.2) is 0 Å². The van der Waals surface area contributed by atoms with Gasteiger partial charge in [0.1, 0.15) is 36.9 Å². The van der Waals surface area contributed by atoms with E-state index in [1.54, 1.807) is 13.8 Å². The number of hydrogen-bond donors (Lipinski definition) is 0. The van der Waals surface area contributed by atoms with Crippen molar-refractivity contribution in [3.05, 3.63) is 59.2 Å². The number of hydrogen-bond acceptors (Lipinski definition) is 6. The Morgan fingerprint density at radius 2 is 1.31 bits per heavy atom. The summed E-state index contributed by atoms with van der Waals surface area (Å²) >= 11 is 0. The Balaban J connectivity index is 1.73. The predicted molar refractivity (Wildman–Crippen MR) is 154 cm³/mol. The maximum absolute atomic E-state index is 12.2. The Labute approximate surface area is 232 Å². The van der Waals surface area contributed by atoms with Gasteiger partial charge in [0.2, 0.25) is 0 Å². The van der Waals surface area contributed by atoms with Gasteiger partial charge in [-0.25, -0.2) is 9.59 Å². The lowest BCUT2D eigenvalue weighted by molar-refractivity contribution is -0.146. The molecule has 2 aliphatic rings. The van der Waals surface area contributed by atoms with E-state index in [1.165, 1.54) is 16.7 Å². The average molecular weight is 535 g/mol. The minimum Gasteiger partial charge on any atom is -0.489 e. The SMILES string of the molecule is C=C(C)C(=O)OC(CC)COc1c2c(c(OCC(CC)OC(=O)C(=C)C)c3cc(CC)ccc13)C1CCC2C1. The van der Waals surface area contributed by atoms with Crippen LogP contribution in [-0.2, 0) is 25.5 Å². The molecular weight excluding hydrogens is 492 g/mol. The fourth-order valence-electron chi connectivity index (χ4n) is 5.69. The molecule has 6 heteroatoms. The summed E-state index contributed by atoms with van der Waals surface area (Å²) in [5.41, 5.74) is 4.43. The van der Waals surface area contributed by atoms with Crippen molar-refractivity contribution >= 4 is 22.7 Å². The second-order valence-corrected chi connectivity index (χ2v) is 11.0. The molecule has 2 aromatic carbocycles. The molecule has 0 aromatic heterocycles. The maximum atomic E-state index is 12.2. The zero-order valence-electron chi connectivity index (χ0n) is 24.1. The number of carbonyl (C=O) groups is 2. The number of rotatable bonds is 13. The van der Waals surface area contributed by atoms with Crippen molar-refractivity contribution in [2.45, 2.75) is 97.2 Å². The molecular formula is C33H42O6. The minimum absolute atomic E-state index is 0.277. The van der Waals surface area contributed by atoms with Gasteiger partial charge in [0, 0.05) is 33.0 Å². The first-order chi connectivity index (χ1) is 18.7. The third-order valence-corrected chi connectivity index (χ3v) is 7.99. The lowest BCUT2D eigenvalue weighted by atomic mass is 9.86. The molecule has 0 radical (unpaired) electrons. The van der Waals surface area contributed by atoms with Crippen molar-refractivity contribution in [1.29, 1.82) is 0 Å². The Bertz CT molecular complexity index is 1270. The summed E-state index contributed by atoms with van der Waals surface area (Å²) < 4.78 is 24.4.